The number of amides is 2. The molecule has 0 aliphatic carbocycles. The molecule has 5 rings (SSSR count). The van der Waals surface area contributed by atoms with Crippen LogP contribution in [0.25, 0.3) is 11.4 Å². The van der Waals surface area contributed by atoms with Gasteiger partial charge in [-0.1, -0.05) is 12.1 Å². The molecule has 3 aliphatic rings. The van der Waals surface area contributed by atoms with Gasteiger partial charge >= 0.3 is 0 Å². The predicted octanol–water partition coefficient (Wildman–Crippen LogP) is 1.14. The summed E-state index contributed by atoms with van der Waals surface area (Å²) in [6.07, 6.45) is 1.80. The largest absolute Gasteiger partial charge is 0.351 e. The second-order valence-electron chi connectivity index (χ2n) is 6.88. The number of carbonyl (C=O) groups excluding carboxylic acids is 2. The normalized spacial score (nSPS) is 22.6. The minimum Gasteiger partial charge on any atom is -0.351 e. The molecule has 25 heavy (non-hydrogen) atoms. The number of benzene rings is 1. The third kappa shape index (κ3) is 2.90. The van der Waals surface area contributed by atoms with Crippen molar-refractivity contribution >= 4 is 11.8 Å². The monoisotopic (exact) mass is 339 g/mol. The Morgan fingerprint density at radius 3 is 2.84 bits per heavy atom. The lowest BCUT2D eigenvalue weighted by Crippen LogP contribution is -2.43. The van der Waals surface area contributed by atoms with E-state index in [0.717, 1.165) is 24.2 Å². The molecule has 0 radical (unpaired) electrons. The molecule has 7 heteroatoms. The average molecular weight is 339 g/mol. The molecule has 0 spiro atoms. The molecular weight excluding hydrogens is 318 g/mol. The molecule has 1 aromatic heterocycles. The average Bonchev–Trinajstić information content (AvgIpc) is 2.78. The van der Waals surface area contributed by atoms with E-state index in [2.05, 4.69) is 15.4 Å². The van der Waals surface area contributed by atoms with E-state index in [4.69, 9.17) is 0 Å². The third-order valence-electron chi connectivity index (χ3n) is 5.10. The Balaban J connectivity index is 1.60. The highest BCUT2D eigenvalue weighted by Gasteiger charge is 2.36. The van der Waals surface area contributed by atoms with E-state index in [-0.39, 0.29) is 23.8 Å². The second kappa shape index (κ2) is 5.98. The summed E-state index contributed by atoms with van der Waals surface area (Å²) >= 11 is 0. The van der Waals surface area contributed by atoms with E-state index >= 15 is 0 Å². The fourth-order valence-electron chi connectivity index (χ4n) is 3.57. The summed E-state index contributed by atoms with van der Waals surface area (Å²) in [5, 5.41) is 7.38. The van der Waals surface area contributed by atoms with Gasteiger partial charge in [-0.2, -0.15) is 5.10 Å². The topological polar surface area (TPSA) is 80.1 Å². The molecule has 1 aromatic carbocycles. The van der Waals surface area contributed by atoms with Crippen LogP contribution in [0, 0.1) is 12.8 Å². The van der Waals surface area contributed by atoms with E-state index in [1.807, 2.05) is 38.2 Å². The number of piperidine rings is 1. The zero-order valence-corrected chi connectivity index (χ0v) is 14.4. The van der Waals surface area contributed by atoms with Crippen LogP contribution in [0.5, 0.6) is 0 Å². The van der Waals surface area contributed by atoms with E-state index in [9.17, 15) is 9.59 Å². The minimum atomic E-state index is -0.0917. The highest BCUT2D eigenvalue weighted by atomic mass is 16.2. The van der Waals surface area contributed by atoms with Crippen LogP contribution < -0.4 is 5.32 Å². The number of hydrogen-bond acceptors (Lipinski definition) is 4. The number of nitrogens with zero attached hydrogens (tertiary/aromatic N) is 4. The van der Waals surface area contributed by atoms with Crippen LogP contribution >= 0.6 is 0 Å². The van der Waals surface area contributed by atoms with Gasteiger partial charge in [-0.15, -0.1) is 0 Å². The van der Waals surface area contributed by atoms with Gasteiger partial charge < -0.3 is 10.2 Å². The zero-order chi connectivity index (χ0) is 17.6. The highest BCUT2D eigenvalue weighted by Crippen LogP contribution is 2.25. The Morgan fingerprint density at radius 1 is 1.28 bits per heavy atom. The van der Waals surface area contributed by atoms with Crippen molar-refractivity contribution in [1.29, 1.82) is 0 Å². The highest BCUT2D eigenvalue weighted by molar-refractivity contribution is 5.96. The van der Waals surface area contributed by atoms with Crippen LogP contribution in [0.1, 0.15) is 29.0 Å². The molecule has 0 saturated carbocycles. The number of hydrogen-bond donors (Lipinski definition) is 1. The fraction of sp³-hybridized carbons (Fsp3) is 0.444. The minimum absolute atomic E-state index is 0.0390. The number of rotatable bonds is 2. The van der Waals surface area contributed by atoms with Gasteiger partial charge in [0.1, 0.15) is 5.82 Å². The summed E-state index contributed by atoms with van der Waals surface area (Å²) in [6, 6.07) is 7.47. The molecule has 7 nitrogen and oxygen atoms in total. The van der Waals surface area contributed by atoms with Crippen molar-refractivity contribution in [3.8, 4) is 11.4 Å². The molecule has 2 aromatic rings. The van der Waals surface area contributed by atoms with Crippen molar-refractivity contribution in [1.82, 2.24) is 25.0 Å². The zero-order valence-electron chi connectivity index (χ0n) is 14.4. The summed E-state index contributed by atoms with van der Waals surface area (Å²) in [7, 11) is 1.85. The summed E-state index contributed by atoms with van der Waals surface area (Å²) in [5.41, 5.74) is 1.43. The Labute approximate surface area is 146 Å². The van der Waals surface area contributed by atoms with Gasteiger partial charge in [0.2, 0.25) is 5.91 Å². The molecule has 2 amide bonds. The standard InChI is InChI=1S/C18H21N5O2/c1-11-19-16(21-22(11)2)12-4-3-5-13(8-12)18(25)23-9-14-6-7-15(10-23)20-17(14)24/h3-5,8,14-15H,6-7,9-10H2,1-2H3,(H,20,24). The Morgan fingerprint density at radius 2 is 2.12 bits per heavy atom. The third-order valence-corrected chi connectivity index (χ3v) is 5.10. The van der Waals surface area contributed by atoms with Crippen LogP contribution in [0.4, 0.5) is 0 Å². The van der Waals surface area contributed by atoms with Crippen molar-refractivity contribution in [3.05, 3.63) is 35.7 Å². The summed E-state index contributed by atoms with van der Waals surface area (Å²) in [6.45, 7) is 2.96. The molecule has 1 N–H and O–H groups in total. The van der Waals surface area contributed by atoms with E-state index in [1.54, 1.807) is 9.58 Å². The molecule has 3 aliphatic heterocycles. The first-order valence-electron chi connectivity index (χ1n) is 8.59. The Kier molecular flexibility index (Phi) is 3.78. The first-order valence-corrected chi connectivity index (χ1v) is 8.59. The number of carbonyl (C=O) groups is 2. The van der Waals surface area contributed by atoms with Crippen molar-refractivity contribution in [3.63, 3.8) is 0 Å². The number of nitrogens with one attached hydrogen (secondary N) is 1. The molecule has 130 valence electrons. The maximum absolute atomic E-state index is 13.0. The SMILES string of the molecule is Cc1nc(-c2cccc(C(=O)N3CC4CCC(C3)C(=O)N4)c2)nn1C. The van der Waals surface area contributed by atoms with Gasteiger partial charge in [-0.3, -0.25) is 14.3 Å². The molecule has 2 unspecified atom stereocenters. The number of aromatic nitrogens is 3. The Hall–Kier alpha value is -2.70. The summed E-state index contributed by atoms with van der Waals surface area (Å²) < 4.78 is 1.72. The van der Waals surface area contributed by atoms with Crippen molar-refractivity contribution < 1.29 is 9.59 Å². The molecular formula is C18H21N5O2. The van der Waals surface area contributed by atoms with Gasteiger partial charge in [0.25, 0.3) is 5.91 Å². The van der Waals surface area contributed by atoms with Gasteiger partial charge in [0, 0.05) is 37.3 Å². The smallest absolute Gasteiger partial charge is 0.253 e. The lowest BCUT2D eigenvalue weighted by Gasteiger charge is -2.23. The van der Waals surface area contributed by atoms with Crippen LogP contribution in [-0.4, -0.2) is 50.6 Å². The van der Waals surface area contributed by atoms with Crippen LogP contribution in [0.3, 0.4) is 0 Å². The molecule has 2 bridgehead atoms. The van der Waals surface area contributed by atoms with E-state index in [1.165, 1.54) is 0 Å². The number of aryl methyl sites for hydroxylation is 2. The second-order valence-corrected chi connectivity index (χ2v) is 6.88. The first kappa shape index (κ1) is 15.8. The van der Waals surface area contributed by atoms with Gasteiger partial charge in [-0.05, 0) is 31.9 Å². The van der Waals surface area contributed by atoms with Crippen LogP contribution in [-0.2, 0) is 11.8 Å². The lowest BCUT2D eigenvalue weighted by atomic mass is 9.96. The van der Waals surface area contributed by atoms with Gasteiger partial charge in [0.15, 0.2) is 5.82 Å². The maximum atomic E-state index is 13.0. The summed E-state index contributed by atoms with van der Waals surface area (Å²) in [4.78, 5) is 31.2. The maximum Gasteiger partial charge on any atom is 0.253 e. The lowest BCUT2D eigenvalue weighted by molar-refractivity contribution is -0.126. The van der Waals surface area contributed by atoms with Gasteiger partial charge in [-0.25, -0.2) is 4.98 Å². The van der Waals surface area contributed by atoms with E-state index < -0.39 is 0 Å². The summed E-state index contributed by atoms with van der Waals surface area (Å²) in [5.74, 6) is 1.38. The quantitative estimate of drug-likeness (QED) is 0.890. The molecule has 4 heterocycles. The van der Waals surface area contributed by atoms with E-state index in [0.29, 0.717) is 24.5 Å². The van der Waals surface area contributed by atoms with Crippen LogP contribution in [0.15, 0.2) is 24.3 Å². The predicted molar refractivity (Wildman–Crippen MR) is 91.7 cm³/mol. The first-order chi connectivity index (χ1) is 12.0. The van der Waals surface area contributed by atoms with Crippen molar-refractivity contribution in [2.45, 2.75) is 25.8 Å². The Bertz CT molecular complexity index is 824. The van der Waals surface area contributed by atoms with Gasteiger partial charge in [0.05, 0.1) is 5.92 Å². The fourth-order valence-corrected chi connectivity index (χ4v) is 3.57. The van der Waals surface area contributed by atoms with Crippen molar-refractivity contribution in [2.24, 2.45) is 13.0 Å². The molecule has 3 fully saturated rings. The van der Waals surface area contributed by atoms with Crippen LogP contribution in [0.2, 0.25) is 0 Å². The molecule has 2 atom stereocenters. The van der Waals surface area contributed by atoms with Crippen molar-refractivity contribution in [2.75, 3.05) is 13.1 Å². The molecule has 3 saturated heterocycles. The number of fused-ring (bicyclic) bond motifs is 4.